The lowest BCUT2D eigenvalue weighted by Gasteiger charge is -2.20. The molecule has 0 aromatic carbocycles. The molecule has 16 heavy (non-hydrogen) atoms. The number of carbonyl (C=O) groups excluding carboxylic acids is 1. The molecule has 0 unspecified atom stereocenters. The minimum atomic E-state index is -0.796. The van der Waals surface area contributed by atoms with Gasteiger partial charge < -0.3 is 15.4 Å². The summed E-state index contributed by atoms with van der Waals surface area (Å²) in [6.07, 6.45) is -0.794. The number of rotatable bonds is 2. The molecule has 0 spiro atoms. The van der Waals surface area contributed by atoms with E-state index in [9.17, 15) is 9.18 Å². The smallest absolute Gasteiger partial charge is 0.407 e. The molecule has 1 heterocycles. The summed E-state index contributed by atoms with van der Waals surface area (Å²) >= 11 is 0. The fraction of sp³-hybridized carbons (Fsp3) is 0.900. The van der Waals surface area contributed by atoms with Gasteiger partial charge in [-0.1, -0.05) is 0 Å². The van der Waals surface area contributed by atoms with Crippen LogP contribution in [0.25, 0.3) is 0 Å². The first-order valence-corrected chi connectivity index (χ1v) is 5.21. The van der Waals surface area contributed by atoms with Crippen molar-refractivity contribution in [2.45, 2.75) is 45.0 Å². The number of alkyl halides is 1. The van der Waals surface area contributed by atoms with Crippen molar-refractivity contribution >= 4 is 18.5 Å². The maximum atomic E-state index is 12.8. The van der Waals surface area contributed by atoms with Gasteiger partial charge >= 0.3 is 6.09 Å². The highest BCUT2D eigenvalue weighted by Gasteiger charge is 2.24. The highest BCUT2D eigenvalue weighted by molar-refractivity contribution is 5.85. The Morgan fingerprint density at radius 1 is 1.56 bits per heavy atom. The molecular weight excluding hydrogens is 235 g/mol. The number of carbonyl (C=O) groups is 1. The molecule has 0 bridgehead atoms. The summed E-state index contributed by atoms with van der Waals surface area (Å²) in [7, 11) is 0. The van der Waals surface area contributed by atoms with E-state index in [2.05, 4.69) is 10.6 Å². The summed E-state index contributed by atoms with van der Waals surface area (Å²) < 4.78 is 17.8. The largest absolute Gasteiger partial charge is 0.444 e. The van der Waals surface area contributed by atoms with E-state index in [4.69, 9.17) is 4.74 Å². The Kier molecular flexibility index (Phi) is 6.04. The van der Waals surface area contributed by atoms with E-state index in [1.54, 1.807) is 20.8 Å². The molecular formula is C10H20ClFN2O2. The van der Waals surface area contributed by atoms with Gasteiger partial charge in [-0.3, -0.25) is 0 Å². The fourth-order valence-electron chi connectivity index (χ4n) is 1.45. The van der Waals surface area contributed by atoms with Crippen LogP contribution in [0.3, 0.4) is 0 Å². The third kappa shape index (κ3) is 6.12. The summed E-state index contributed by atoms with van der Waals surface area (Å²) in [5.41, 5.74) is -0.490. The Morgan fingerprint density at radius 2 is 2.19 bits per heavy atom. The summed E-state index contributed by atoms with van der Waals surface area (Å²) in [4.78, 5) is 11.2. The first-order valence-electron chi connectivity index (χ1n) is 5.21. The summed E-state index contributed by atoms with van der Waals surface area (Å²) in [6, 6.07) is 0.0209. The molecule has 0 aromatic heterocycles. The number of nitrogens with one attached hydrogen (secondary N) is 2. The Morgan fingerprint density at radius 3 is 2.62 bits per heavy atom. The van der Waals surface area contributed by atoms with Gasteiger partial charge in [-0.2, -0.15) is 0 Å². The van der Waals surface area contributed by atoms with Crippen molar-refractivity contribution in [3.63, 3.8) is 0 Å². The van der Waals surface area contributed by atoms with E-state index in [1.165, 1.54) is 0 Å². The Hall–Kier alpha value is -0.550. The van der Waals surface area contributed by atoms with E-state index in [-0.39, 0.29) is 18.4 Å². The van der Waals surface area contributed by atoms with Gasteiger partial charge in [0.2, 0.25) is 0 Å². The third-order valence-corrected chi connectivity index (χ3v) is 2.06. The number of amides is 1. The predicted octanol–water partition coefficient (Wildman–Crippen LogP) is 1.63. The van der Waals surface area contributed by atoms with Crippen molar-refractivity contribution in [2.75, 3.05) is 13.1 Å². The van der Waals surface area contributed by atoms with Gasteiger partial charge in [0, 0.05) is 19.1 Å². The molecule has 4 nitrogen and oxygen atoms in total. The van der Waals surface area contributed by atoms with Crippen molar-refractivity contribution in [1.29, 1.82) is 0 Å². The van der Waals surface area contributed by atoms with Crippen molar-refractivity contribution in [1.82, 2.24) is 10.6 Å². The van der Waals surface area contributed by atoms with Crippen LogP contribution >= 0.6 is 12.4 Å². The van der Waals surface area contributed by atoms with Crippen LogP contribution < -0.4 is 10.6 Å². The minimum absolute atomic E-state index is 0. The number of halogens is 2. The monoisotopic (exact) mass is 254 g/mol. The van der Waals surface area contributed by atoms with Crippen molar-refractivity contribution in [3.8, 4) is 0 Å². The average Bonchev–Trinajstić information content (AvgIpc) is 2.45. The molecule has 2 atom stereocenters. The summed E-state index contributed by atoms with van der Waals surface area (Å²) in [5, 5.41) is 5.59. The maximum absolute atomic E-state index is 12.8. The normalized spacial score (nSPS) is 24.8. The second-order valence-electron chi connectivity index (χ2n) is 4.82. The molecule has 0 aromatic rings. The number of hydrogen-bond donors (Lipinski definition) is 2. The van der Waals surface area contributed by atoms with Gasteiger partial charge in [0.1, 0.15) is 11.8 Å². The number of hydrogen-bond acceptors (Lipinski definition) is 3. The van der Waals surface area contributed by atoms with Crippen molar-refractivity contribution in [2.24, 2.45) is 0 Å². The van der Waals surface area contributed by atoms with Crippen molar-refractivity contribution in [3.05, 3.63) is 0 Å². The molecule has 1 aliphatic heterocycles. The van der Waals surface area contributed by atoms with Crippen LogP contribution in [-0.4, -0.2) is 37.0 Å². The lowest BCUT2D eigenvalue weighted by molar-refractivity contribution is 0.0523. The van der Waals surface area contributed by atoms with Gasteiger partial charge in [-0.15, -0.1) is 12.4 Å². The van der Waals surface area contributed by atoms with Crippen LogP contribution in [0, 0.1) is 0 Å². The van der Waals surface area contributed by atoms with Gasteiger partial charge in [0.25, 0.3) is 0 Å². The molecule has 96 valence electrons. The van der Waals surface area contributed by atoms with Crippen LogP contribution in [-0.2, 0) is 4.74 Å². The minimum Gasteiger partial charge on any atom is -0.444 e. The van der Waals surface area contributed by atoms with Crippen LogP contribution in [0.15, 0.2) is 0 Å². The zero-order valence-corrected chi connectivity index (χ0v) is 10.7. The van der Waals surface area contributed by atoms with E-state index >= 15 is 0 Å². The molecule has 1 fully saturated rings. The standard InChI is InChI=1S/C10H19FN2O2.ClH/c1-10(2,3)15-9(14)13-6-8-4-7(11)5-12-8;/h7-8,12H,4-6H2,1-3H3,(H,13,14);1H/t7-,8+;/m0./s1. The van der Waals surface area contributed by atoms with Gasteiger partial charge in [0.05, 0.1) is 0 Å². The topological polar surface area (TPSA) is 50.4 Å². The molecule has 1 aliphatic rings. The molecule has 1 rings (SSSR count). The number of ether oxygens (including phenoxy) is 1. The molecule has 1 saturated heterocycles. The zero-order valence-electron chi connectivity index (χ0n) is 9.88. The maximum Gasteiger partial charge on any atom is 0.407 e. The lowest BCUT2D eigenvalue weighted by atomic mass is 10.2. The molecule has 2 N–H and O–H groups in total. The average molecular weight is 255 g/mol. The fourth-order valence-corrected chi connectivity index (χ4v) is 1.45. The predicted molar refractivity (Wildman–Crippen MR) is 62.8 cm³/mol. The van der Waals surface area contributed by atoms with Crippen molar-refractivity contribution < 1.29 is 13.9 Å². The van der Waals surface area contributed by atoms with Crippen LogP contribution in [0.4, 0.5) is 9.18 Å². The lowest BCUT2D eigenvalue weighted by Crippen LogP contribution is -2.39. The van der Waals surface area contributed by atoms with E-state index in [0.717, 1.165) is 0 Å². The molecule has 1 amide bonds. The third-order valence-electron chi connectivity index (χ3n) is 2.06. The van der Waals surface area contributed by atoms with Crippen LogP contribution in [0.1, 0.15) is 27.2 Å². The summed E-state index contributed by atoms with van der Waals surface area (Å²) in [5.74, 6) is 0. The zero-order chi connectivity index (χ0) is 11.5. The van der Waals surface area contributed by atoms with E-state index in [1.807, 2.05) is 0 Å². The van der Waals surface area contributed by atoms with E-state index < -0.39 is 17.9 Å². The summed E-state index contributed by atoms with van der Waals surface area (Å²) in [6.45, 7) is 6.20. The van der Waals surface area contributed by atoms with Gasteiger partial charge in [-0.05, 0) is 27.2 Å². The molecule has 0 aliphatic carbocycles. The molecule has 0 saturated carbocycles. The second-order valence-corrected chi connectivity index (χ2v) is 4.82. The quantitative estimate of drug-likeness (QED) is 0.788. The highest BCUT2D eigenvalue weighted by Crippen LogP contribution is 2.10. The van der Waals surface area contributed by atoms with Crippen LogP contribution in [0.2, 0.25) is 0 Å². The Balaban J connectivity index is 0.00000225. The first kappa shape index (κ1) is 15.4. The van der Waals surface area contributed by atoms with Gasteiger partial charge in [-0.25, -0.2) is 9.18 Å². The van der Waals surface area contributed by atoms with Crippen LogP contribution in [0.5, 0.6) is 0 Å². The second kappa shape index (κ2) is 6.25. The highest BCUT2D eigenvalue weighted by atomic mass is 35.5. The van der Waals surface area contributed by atoms with E-state index in [0.29, 0.717) is 19.5 Å². The Bertz CT molecular complexity index is 233. The molecule has 6 heteroatoms. The Labute approximate surface area is 102 Å². The SMILES string of the molecule is CC(C)(C)OC(=O)NC[C@H]1C[C@H](F)CN1.Cl. The number of alkyl carbamates (subject to hydrolysis) is 1. The molecule has 0 radical (unpaired) electrons. The van der Waals surface area contributed by atoms with Gasteiger partial charge in [0.15, 0.2) is 0 Å². The first-order chi connectivity index (χ1) is 6.87.